The summed E-state index contributed by atoms with van der Waals surface area (Å²) in [6.45, 7) is 5.64. The Balaban J connectivity index is 2.62. The molecule has 2 fully saturated rings. The molecule has 0 aromatic rings. The molecule has 20 heteroatoms. The Hall–Kier alpha value is -4.31. The average molecular weight is 584 g/mol. The lowest BCUT2D eigenvalue weighted by atomic mass is 9.84. The summed E-state index contributed by atoms with van der Waals surface area (Å²) < 4.78 is 32.9. The van der Waals surface area contributed by atoms with Crippen molar-refractivity contribution in [3.63, 3.8) is 0 Å². The highest BCUT2D eigenvalue weighted by Gasteiger charge is 2.55. The molecule has 11 atom stereocenters. The zero-order valence-electron chi connectivity index (χ0n) is 22.6. The van der Waals surface area contributed by atoms with Crippen LogP contribution >= 0.6 is 0 Å². The maximum absolute atomic E-state index is 12.0. The summed E-state index contributed by atoms with van der Waals surface area (Å²) >= 11 is 0. The number of azide groups is 3. The molecule has 1 saturated heterocycles. The van der Waals surface area contributed by atoms with Crippen LogP contribution in [-0.2, 0) is 47.6 Å². The van der Waals surface area contributed by atoms with E-state index in [-0.39, 0.29) is 6.42 Å². The molecule has 1 heterocycles. The van der Waals surface area contributed by atoms with Crippen molar-refractivity contribution in [3.8, 4) is 0 Å². The molecule has 0 radical (unpaired) electrons. The number of aliphatic hydroxyl groups is 1. The number of aliphatic hydroxyl groups excluding tert-OH is 1. The summed E-state index contributed by atoms with van der Waals surface area (Å²) in [5.41, 5.74) is 27.4. The van der Waals surface area contributed by atoms with Gasteiger partial charge in [-0.15, -0.1) is 0 Å². The maximum atomic E-state index is 12.0. The van der Waals surface area contributed by atoms with Gasteiger partial charge in [0, 0.05) is 42.4 Å². The van der Waals surface area contributed by atoms with Gasteiger partial charge in [0.25, 0.3) is 0 Å². The molecular formula is C21H29N9O11. The maximum Gasteiger partial charge on any atom is 0.303 e. The van der Waals surface area contributed by atoms with Gasteiger partial charge in [0.1, 0.15) is 30.5 Å². The molecule has 20 nitrogen and oxygen atoms in total. The van der Waals surface area contributed by atoms with Crippen molar-refractivity contribution in [2.45, 2.75) is 108 Å². The van der Waals surface area contributed by atoms with E-state index in [1.807, 2.05) is 0 Å². The Labute approximate surface area is 232 Å². The lowest BCUT2D eigenvalue weighted by Gasteiger charge is -2.48. The molecule has 0 bridgehead atoms. The van der Waals surface area contributed by atoms with Gasteiger partial charge in [0.2, 0.25) is 0 Å². The lowest BCUT2D eigenvalue weighted by Crippen LogP contribution is -2.65. The second kappa shape index (κ2) is 14.9. The summed E-state index contributed by atoms with van der Waals surface area (Å²) in [5, 5.41) is 21.9. The van der Waals surface area contributed by atoms with Gasteiger partial charge in [-0.05, 0) is 29.9 Å². The van der Waals surface area contributed by atoms with Crippen LogP contribution in [0.2, 0.25) is 0 Å². The fourth-order valence-electron chi connectivity index (χ4n) is 4.68. The van der Waals surface area contributed by atoms with Crippen LogP contribution in [0.4, 0.5) is 0 Å². The third kappa shape index (κ3) is 8.59. The highest BCUT2D eigenvalue weighted by molar-refractivity contribution is 5.68. The molecule has 1 N–H and O–H groups in total. The summed E-state index contributed by atoms with van der Waals surface area (Å²) in [6.07, 6.45) is -12.3. The highest BCUT2D eigenvalue weighted by Crippen LogP contribution is 2.36. The van der Waals surface area contributed by atoms with E-state index < -0.39 is 91.0 Å². The van der Waals surface area contributed by atoms with Crippen molar-refractivity contribution < 1.29 is 52.7 Å². The number of hydrogen-bond acceptors (Lipinski definition) is 14. The number of carbonyl (C=O) groups excluding carboxylic acids is 4. The van der Waals surface area contributed by atoms with E-state index in [0.29, 0.717) is 0 Å². The van der Waals surface area contributed by atoms with Crippen LogP contribution in [0.15, 0.2) is 15.3 Å². The first kappa shape index (κ1) is 32.9. The van der Waals surface area contributed by atoms with Gasteiger partial charge in [-0.2, -0.15) is 0 Å². The standard InChI is InChI=1S/C21H29N9O11/c1-7(36-8(2)31)16-20(39-11(5)34)19(38-10(4)33)14(27-30-24)21(40-16)41-18-13(26-29-23)6-12(25-28-22)17(15(18)35)37-9(3)32/h7,12-21,35H,6H2,1-5H3/t7-,12?,13?,14?,15?,16?,17?,18-,19?,20-,21-/m1/s1. The van der Waals surface area contributed by atoms with E-state index in [1.54, 1.807) is 0 Å². The first-order valence-electron chi connectivity index (χ1n) is 12.1. The summed E-state index contributed by atoms with van der Waals surface area (Å²) in [4.78, 5) is 55.5. The van der Waals surface area contributed by atoms with Crippen molar-refractivity contribution >= 4 is 23.9 Å². The number of rotatable bonds is 10. The molecule has 2 aliphatic rings. The Morgan fingerprint density at radius 1 is 0.780 bits per heavy atom. The second-order valence-electron chi connectivity index (χ2n) is 9.07. The van der Waals surface area contributed by atoms with E-state index in [1.165, 1.54) is 6.92 Å². The van der Waals surface area contributed by atoms with E-state index in [4.69, 9.17) is 39.5 Å². The van der Waals surface area contributed by atoms with Gasteiger partial charge in [0.15, 0.2) is 18.5 Å². The molecule has 1 saturated carbocycles. The van der Waals surface area contributed by atoms with Crippen LogP contribution in [0.5, 0.6) is 0 Å². The van der Waals surface area contributed by atoms with Crippen LogP contribution in [-0.4, -0.2) is 96.1 Å². The minimum atomic E-state index is -1.78. The number of hydrogen-bond donors (Lipinski definition) is 1. The predicted octanol–water partition coefficient (Wildman–Crippen LogP) is 1.64. The lowest BCUT2D eigenvalue weighted by molar-refractivity contribution is -0.305. The minimum absolute atomic E-state index is 0.247. The Morgan fingerprint density at radius 2 is 1.27 bits per heavy atom. The van der Waals surface area contributed by atoms with Crippen LogP contribution < -0.4 is 0 Å². The molecule has 2 rings (SSSR count). The van der Waals surface area contributed by atoms with Gasteiger partial charge < -0.3 is 33.5 Å². The third-order valence-electron chi connectivity index (χ3n) is 6.07. The van der Waals surface area contributed by atoms with Crippen LogP contribution in [0.3, 0.4) is 0 Å². The summed E-state index contributed by atoms with van der Waals surface area (Å²) in [7, 11) is 0. The Morgan fingerprint density at radius 3 is 1.76 bits per heavy atom. The van der Waals surface area contributed by atoms with Crippen LogP contribution in [0.1, 0.15) is 41.0 Å². The fraction of sp³-hybridized carbons (Fsp3) is 0.810. The number of esters is 4. The molecule has 0 aromatic carbocycles. The van der Waals surface area contributed by atoms with Gasteiger partial charge in [0.05, 0.1) is 18.2 Å². The molecular weight excluding hydrogens is 554 g/mol. The van der Waals surface area contributed by atoms with E-state index in [2.05, 4.69) is 30.1 Å². The SMILES string of the molecule is CC(=O)OC1C(N=[N+]=[N-])CC(N=[N+]=[N-])[C@@H](O[C@H]2OC([C@@H](C)OC(C)=O)[C@@H](OC(C)=O)C(OC(C)=O)C2N=[N+]=[N-])C1O. The molecule has 7 unspecified atom stereocenters. The third-order valence-corrected chi connectivity index (χ3v) is 6.07. The smallest absolute Gasteiger partial charge is 0.303 e. The summed E-state index contributed by atoms with van der Waals surface area (Å²) in [5.74, 6) is -3.28. The zero-order valence-corrected chi connectivity index (χ0v) is 22.6. The topological polar surface area (TPSA) is 290 Å². The van der Waals surface area contributed by atoms with Crippen molar-refractivity contribution in [1.82, 2.24) is 0 Å². The highest BCUT2D eigenvalue weighted by atomic mass is 16.7. The normalized spacial score (nSPS) is 33.3. The monoisotopic (exact) mass is 583 g/mol. The molecule has 224 valence electrons. The average Bonchev–Trinajstić information content (AvgIpc) is 2.86. The Kier molecular flexibility index (Phi) is 12.0. The number of carbonyl (C=O) groups is 4. The van der Waals surface area contributed by atoms with Crippen LogP contribution in [0, 0.1) is 0 Å². The molecule has 0 spiro atoms. The van der Waals surface area contributed by atoms with E-state index in [9.17, 15) is 29.8 Å². The molecule has 0 amide bonds. The second-order valence-corrected chi connectivity index (χ2v) is 9.07. The predicted molar refractivity (Wildman–Crippen MR) is 131 cm³/mol. The number of ether oxygens (including phenoxy) is 6. The molecule has 1 aliphatic heterocycles. The fourth-order valence-corrected chi connectivity index (χ4v) is 4.68. The van der Waals surface area contributed by atoms with Crippen LogP contribution in [0.25, 0.3) is 31.3 Å². The quantitative estimate of drug-likeness (QED) is 0.127. The molecule has 0 aromatic heterocycles. The van der Waals surface area contributed by atoms with Gasteiger partial charge in [-0.25, -0.2) is 0 Å². The Bertz CT molecular complexity index is 1150. The minimum Gasteiger partial charge on any atom is -0.460 e. The zero-order chi connectivity index (χ0) is 30.9. The van der Waals surface area contributed by atoms with Crippen molar-refractivity contribution in [2.24, 2.45) is 15.3 Å². The van der Waals surface area contributed by atoms with Crippen molar-refractivity contribution in [3.05, 3.63) is 31.3 Å². The summed E-state index contributed by atoms with van der Waals surface area (Å²) in [6, 6.07) is -3.97. The number of nitrogens with zero attached hydrogens (tertiary/aromatic N) is 9. The van der Waals surface area contributed by atoms with E-state index in [0.717, 1.165) is 27.7 Å². The molecule has 1 aliphatic carbocycles. The van der Waals surface area contributed by atoms with Crippen molar-refractivity contribution in [2.75, 3.05) is 0 Å². The van der Waals surface area contributed by atoms with Crippen molar-refractivity contribution in [1.29, 1.82) is 0 Å². The first-order chi connectivity index (χ1) is 19.3. The van der Waals surface area contributed by atoms with Gasteiger partial charge in [-0.3, -0.25) is 19.2 Å². The van der Waals surface area contributed by atoms with Gasteiger partial charge in [-0.1, -0.05) is 15.3 Å². The van der Waals surface area contributed by atoms with Gasteiger partial charge >= 0.3 is 23.9 Å². The molecule has 41 heavy (non-hydrogen) atoms. The van der Waals surface area contributed by atoms with E-state index >= 15 is 0 Å². The largest absolute Gasteiger partial charge is 0.460 e. The first-order valence-corrected chi connectivity index (χ1v) is 12.1.